The SMILES string of the molecule is Cn1ccc(-c2nc(N)c(C(=O)NCc3cccc(O)c3)nc2-c2ccc3ncccc3c2)n1. The number of phenolic OH excluding ortho intramolecular Hbond substituents is 1. The Labute approximate surface area is 194 Å². The Hall–Kier alpha value is -4.79. The largest absolute Gasteiger partial charge is 0.508 e. The van der Waals surface area contributed by atoms with E-state index >= 15 is 0 Å². The van der Waals surface area contributed by atoms with E-state index in [4.69, 9.17) is 5.73 Å². The fraction of sp³-hybridized carbons (Fsp3) is 0.0800. The molecule has 0 aliphatic carbocycles. The zero-order valence-corrected chi connectivity index (χ0v) is 18.3. The number of hydrogen-bond donors (Lipinski definition) is 3. The number of rotatable bonds is 5. The van der Waals surface area contributed by atoms with Crippen LogP contribution in [0.1, 0.15) is 16.1 Å². The number of anilines is 1. The number of amides is 1. The molecule has 0 spiro atoms. The first kappa shape index (κ1) is 21.1. The van der Waals surface area contributed by atoms with Gasteiger partial charge in [0, 0.05) is 36.9 Å². The Kier molecular flexibility index (Phi) is 5.35. The molecule has 4 N–H and O–H groups in total. The zero-order chi connectivity index (χ0) is 23.7. The summed E-state index contributed by atoms with van der Waals surface area (Å²) in [5, 5.41) is 17.8. The zero-order valence-electron chi connectivity index (χ0n) is 18.3. The minimum Gasteiger partial charge on any atom is -0.508 e. The minimum atomic E-state index is -0.468. The fourth-order valence-corrected chi connectivity index (χ4v) is 3.69. The average molecular weight is 451 g/mol. The number of phenols is 1. The van der Waals surface area contributed by atoms with Crippen molar-refractivity contribution < 1.29 is 9.90 Å². The average Bonchev–Trinajstić information content (AvgIpc) is 3.28. The predicted octanol–water partition coefficient (Wildman–Crippen LogP) is 3.31. The molecule has 0 unspecified atom stereocenters. The van der Waals surface area contributed by atoms with Crippen molar-refractivity contribution >= 4 is 22.6 Å². The van der Waals surface area contributed by atoms with Crippen LogP contribution >= 0.6 is 0 Å². The number of fused-ring (bicyclic) bond motifs is 1. The first-order valence-corrected chi connectivity index (χ1v) is 10.6. The fourth-order valence-electron chi connectivity index (χ4n) is 3.69. The van der Waals surface area contributed by atoms with Gasteiger partial charge in [0.15, 0.2) is 11.5 Å². The van der Waals surface area contributed by atoms with Gasteiger partial charge in [-0.25, -0.2) is 9.97 Å². The van der Waals surface area contributed by atoms with Crippen LogP contribution in [-0.4, -0.2) is 35.7 Å². The Balaban J connectivity index is 1.57. The van der Waals surface area contributed by atoms with Crippen LogP contribution < -0.4 is 11.1 Å². The highest BCUT2D eigenvalue weighted by Gasteiger charge is 2.21. The number of benzene rings is 2. The van der Waals surface area contributed by atoms with Crippen LogP contribution in [0.25, 0.3) is 33.5 Å². The van der Waals surface area contributed by atoms with Crippen molar-refractivity contribution in [2.24, 2.45) is 7.05 Å². The van der Waals surface area contributed by atoms with Gasteiger partial charge in [-0.05, 0) is 42.0 Å². The standard InChI is InChI=1S/C25H21N7O2/c1-32-11-9-20(31-32)22-21(17-7-8-19-16(13-17)5-3-10-27-19)29-23(24(26)30-22)25(34)28-14-15-4-2-6-18(33)12-15/h2-13,33H,14H2,1H3,(H2,26,30)(H,28,34). The van der Waals surface area contributed by atoms with E-state index in [9.17, 15) is 9.90 Å². The number of aromatic nitrogens is 5. The number of pyridine rings is 1. The lowest BCUT2D eigenvalue weighted by Gasteiger charge is -2.12. The van der Waals surface area contributed by atoms with Crippen molar-refractivity contribution in [1.29, 1.82) is 0 Å². The molecule has 2 aromatic carbocycles. The van der Waals surface area contributed by atoms with Crippen molar-refractivity contribution in [3.8, 4) is 28.4 Å². The van der Waals surface area contributed by atoms with Gasteiger partial charge in [-0.15, -0.1) is 0 Å². The first-order chi connectivity index (χ1) is 16.5. The van der Waals surface area contributed by atoms with E-state index in [1.807, 2.05) is 43.4 Å². The number of nitrogens with two attached hydrogens (primary N) is 1. The van der Waals surface area contributed by atoms with E-state index in [-0.39, 0.29) is 23.8 Å². The summed E-state index contributed by atoms with van der Waals surface area (Å²) in [7, 11) is 1.81. The summed E-state index contributed by atoms with van der Waals surface area (Å²) in [5.41, 5.74) is 10.1. The number of nitrogens with zero attached hydrogens (tertiary/aromatic N) is 5. The molecule has 3 aromatic heterocycles. The van der Waals surface area contributed by atoms with Gasteiger partial charge in [-0.2, -0.15) is 5.10 Å². The van der Waals surface area contributed by atoms with E-state index in [1.54, 1.807) is 41.3 Å². The predicted molar refractivity (Wildman–Crippen MR) is 129 cm³/mol. The smallest absolute Gasteiger partial charge is 0.274 e. The molecule has 0 fully saturated rings. The third-order valence-electron chi connectivity index (χ3n) is 5.33. The Morgan fingerprint density at radius 2 is 1.94 bits per heavy atom. The van der Waals surface area contributed by atoms with E-state index in [0.29, 0.717) is 17.1 Å². The molecular formula is C25H21N7O2. The summed E-state index contributed by atoms with van der Waals surface area (Å²) in [4.78, 5) is 26.5. The van der Waals surface area contributed by atoms with Crippen molar-refractivity contribution in [1.82, 2.24) is 30.0 Å². The van der Waals surface area contributed by atoms with Crippen LogP contribution in [0.2, 0.25) is 0 Å². The van der Waals surface area contributed by atoms with E-state index in [1.165, 1.54) is 0 Å². The van der Waals surface area contributed by atoms with Crippen molar-refractivity contribution in [2.75, 3.05) is 5.73 Å². The van der Waals surface area contributed by atoms with Crippen molar-refractivity contribution in [2.45, 2.75) is 6.54 Å². The van der Waals surface area contributed by atoms with Gasteiger partial charge in [0.2, 0.25) is 0 Å². The Morgan fingerprint density at radius 3 is 2.74 bits per heavy atom. The summed E-state index contributed by atoms with van der Waals surface area (Å²) in [6.07, 6.45) is 3.54. The number of nitrogens with one attached hydrogen (secondary N) is 1. The molecule has 0 aliphatic rings. The molecule has 5 aromatic rings. The molecule has 0 aliphatic heterocycles. The molecule has 0 radical (unpaired) electrons. The highest BCUT2D eigenvalue weighted by atomic mass is 16.3. The quantitative estimate of drug-likeness (QED) is 0.373. The third kappa shape index (κ3) is 4.14. The van der Waals surface area contributed by atoms with Crippen molar-refractivity contribution in [3.05, 3.63) is 84.3 Å². The molecule has 5 rings (SSSR count). The summed E-state index contributed by atoms with van der Waals surface area (Å²) < 4.78 is 1.66. The molecule has 168 valence electrons. The lowest BCUT2D eigenvalue weighted by atomic mass is 10.0. The highest BCUT2D eigenvalue weighted by molar-refractivity contribution is 5.98. The summed E-state index contributed by atoms with van der Waals surface area (Å²) in [6, 6.07) is 18.0. The number of aromatic hydroxyl groups is 1. The number of nitrogen functional groups attached to an aromatic ring is 1. The molecule has 0 saturated heterocycles. The topological polar surface area (TPSA) is 132 Å². The Bertz CT molecular complexity index is 1530. The second-order valence-corrected chi connectivity index (χ2v) is 7.79. The summed E-state index contributed by atoms with van der Waals surface area (Å²) in [5.74, 6) is -0.344. The number of carbonyl (C=O) groups excluding carboxylic acids is 1. The first-order valence-electron chi connectivity index (χ1n) is 10.6. The van der Waals surface area contributed by atoms with Gasteiger partial charge < -0.3 is 16.2 Å². The number of hydrogen-bond acceptors (Lipinski definition) is 7. The number of carbonyl (C=O) groups is 1. The van der Waals surface area contributed by atoms with Gasteiger partial charge in [0.05, 0.1) is 11.2 Å². The van der Waals surface area contributed by atoms with Gasteiger partial charge >= 0.3 is 0 Å². The molecule has 1 amide bonds. The molecule has 9 nitrogen and oxygen atoms in total. The van der Waals surface area contributed by atoms with Crippen LogP contribution in [0.3, 0.4) is 0 Å². The maximum absolute atomic E-state index is 13.0. The second-order valence-electron chi connectivity index (χ2n) is 7.79. The summed E-state index contributed by atoms with van der Waals surface area (Å²) in [6.45, 7) is 0.202. The van der Waals surface area contributed by atoms with Gasteiger partial charge in [-0.1, -0.05) is 24.3 Å². The van der Waals surface area contributed by atoms with Gasteiger partial charge in [-0.3, -0.25) is 14.5 Å². The minimum absolute atomic E-state index is 0.000248. The van der Waals surface area contributed by atoms with Gasteiger partial charge in [0.1, 0.15) is 17.1 Å². The molecule has 0 bridgehead atoms. The third-order valence-corrected chi connectivity index (χ3v) is 5.33. The molecule has 9 heteroatoms. The van der Waals surface area contributed by atoms with E-state index in [0.717, 1.165) is 22.0 Å². The normalized spacial score (nSPS) is 11.0. The second kappa shape index (κ2) is 8.62. The lowest BCUT2D eigenvalue weighted by Crippen LogP contribution is -2.25. The summed E-state index contributed by atoms with van der Waals surface area (Å²) >= 11 is 0. The highest BCUT2D eigenvalue weighted by Crippen LogP contribution is 2.31. The van der Waals surface area contributed by atoms with Crippen molar-refractivity contribution in [3.63, 3.8) is 0 Å². The van der Waals surface area contributed by atoms with E-state index in [2.05, 4.69) is 25.4 Å². The monoisotopic (exact) mass is 451 g/mol. The molecule has 0 saturated carbocycles. The van der Waals surface area contributed by atoms with Crippen LogP contribution in [0.5, 0.6) is 5.75 Å². The van der Waals surface area contributed by atoms with Crippen LogP contribution in [-0.2, 0) is 13.6 Å². The van der Waals surface area contributed by atoms with Crippen LogP contribution in [0, 0.1) is 0 Å². The molecular weight excluding hydrogens is 430 g/mol. The molecule has 3 heterocycles. The molecule has 34 heavy (non-hydrogen) atoms. The van der Waals surface area contributed by atoms with E-state index < -0.39 is 5.91 Å². The van der Waals surface area contributed by atoms with Crippen LogP contribution in [0.15, 0.2) is 73.1 Å². The number of aryl methyl sites for hydroxylation is 1. The lowest BCUT2D eigenvalue weighted by molar-refractivity contribution is 0.0946. The van der Waals surface area contributed by atoms with Gasteiger partial charge in [0.25, 0.3) is 5.91 Å². The van der Waals surface area contributed by atoms with Crippen LogP contribution in [0.4, 0.5) is 5.82 Å². The molecule has 0 atom stereocenters. The maximum atomic E-state index is 13.0. The Morgan fingerprint density at radius 1 is 1.06 bits per heavy atom. The maximum Gasteiger partial charge on any atom is 0.274 e.